The third kappa shape index (κ3) is 3.00. The molecule has 0 atom stereocenters. The molecule has 20 heavy (non-hydrogen) atoms. The molecule has 0 spiro atoms. The lowest BCUT2D eigenvalue weighted by Crippen LogP contribution is -2.14. The number of nitrogen functional groups attached to an aromatic ring is 1. The van der Waals surface area contributed by atoms with Gasteiger partial charge in [0, 0.05) is 10.5 Å². The smallest absolute Gasteiger partial charge is 0.267 e. The molecule has 0 fully saturated rings. The average molecular weight is 337 g/mol. The molecule has 2 rings (SSSR count). The van der Waals surface area contributed by atoms with Gasteiger partial charge >= 0.3 is 0 Å². The zero-order valence-electron chi connectivity index (χ0n) is 10.7. The summed E-state index contributed by atoms with van der Waals surface area (Å²) in [5, 5.41) is 3.04. The number of primary amides is 1. The molecule has 0 unspecified atom stereocenters. The molecule has 0 aliphatic rings. The predicted octanol–water partition coefficient (Wildman–Crippen LogP) is 2.28. The van der Waals surface area contributed by atoms with Crippen molar-refractivity contribution in [2.75, 3.05) is 18.2 Å². The number of rotatable bonds is 4. The van der Waals surface area contributed by atoms with Crippen LogP contribution >= 0.6 is 15.9 Å². The number of amides is 1. The standard InChI is InChI=1S/C13H13BrN4O2/c1-20-7-2-3-8(14)11(6-7)18-13-9(15)4-5-10(17-13)12(16)19/h2-6H,15H2,1H3,(H2,16,19)(H,17,18). The number of nitrogens with zero attached hydrogens (tertiary/aromatic N) is 1. The number of hydrogen-bond acceptors (Lipinski definition) is 5. The molecule has 0 bridgehead atoms. The summed E-state index contributed by atoms with van der Waals surface area (Å²) in [4.78, 5) is 15.2. The number of aromatic nitrogens is 1. The molecule has 1 aromatic heterocycles. The molecule has 0 aliphatic carbocycles. The quantitative estimate of drug-likeness (QED) is 0.794. The molecule has 1 amide bonds. The number of ether oxygens (including phenoxy) is 1. The summed E-state index contributed by atoms with van der Waals surface area (Å²) >= 11 is 3.41. The average Bonchev–Trinajstić information content (AvgIpc) is 2.43. The van der Waals surface area contributed by atoms with Gasteiger partial charge in [-0.1, -0.05) is 0 Å². The highest BCUT2D eigenvalue weighted by Crippen LogP contribution is 2.31. The molecule has 1 heterocycles. The van der Waals surface area contributed by atoms with Gasteiger partial charge < -0.3 is 21.5 Å². The van der Waals surface area contributed by atoms with Crippen LogP contribution in [0.4, 0.5) is 17.2 Å². The maximum absolute atomic E-state index is 11.1. The van der Waals surface area contributed by atoms with Crippen LogP contribution in [-0.4, -0.2) is 18.0 Å². The Balaban J connectivity index is 2.38. The van der Waals surface area contributed by atoms with Gasteiger partial charge in [0.2, 0.25) is 0 Å². The van der Waals surface area contributed by atoms with Crippen LogP contribution in [0, 0.1) is 0 Å². The number of pyridine rings is 1. The van der Waals surface area contributed by atoms with Crippen molar-refractivity contribution in [3.63, 3.8) is 0 Å². The van der Waals surface area contributed by atoms with Crippen molar-refractivity contribution < 1.29 is 9.53 Å². The van der Waals surface area contributed by atoms with Crippen molar-refractivity contribution in [1.82, 2.24) is 4.98 Å². The van der Waals surface area contributed by atoms with Crippen molar-refractivity contribution in [2.45, 2.75) is 0 Å². The molecular weight excluding hydrogens is 324 g/mol. The van der Waals surface area contributed by atoms with Crippen LogP contribution in [0.2, 0.25) is 0 Å². The van der Waals surface area contributed by atoms with E-state index in [-0.39, 0.29) is 5.69 Å². The molecule has 0 saturated heterocycles. The van der Waals surface area contributed by atoms with Gasteiger partial charge in [0.05, 0.1) is 18.5 Å². The Labute approximate surface area is 124 Å². The second kappa shape index (κ2) is 5.79. The first-order valence-electron chi connectivity index (χ1n) is 5.68. The molecule has 5 N–H and O–H groups in total. The molecule has 0 radical (unpaired) electrons. The van der Waals surface area contributed by atoms with E-state index in [1.165, 1.54) is 6.07 Å². The summed E-state index contributed by atoms with van der Waals surface area (Å²) in [5.41, 5.74) is 12.3. The van der Waals surface area contributed by atoms with Gasteiger partial charge in [-0.3, -0.25) is 4.79 Å². The number of carbonyl (C=O) groups excluding carboxylic acids is 1. The fourth-order valence-electron chi connectivity index (χ4n) is 1.56. The Bertz CT molecular complexity index is 661. The van der Waals surface area contributed by atoms with E-state index < -0.39 is 5.91 Å². The molecule has 0 saturated carbocycles. The minimum absolute atomic E-state index is 0.140. The van der Waals surface area contributed by atoms with Crippen molar-refractivity contribution >= 4 is 39.0 Å². The Morgan fingerprint density at radius 3 is 2.75 bits per heavy atom. The van der Waals surface area contributed by atoms with Gasteiger partial charge in [0.1, 0.15) is 11.4 Å². The maximum atomic E-state index is 11.1. The fourth-order valence-corrected chi connectivity index (χ4v) is 1.91. The van der Waals surface area contributed by atoms with E-state index in [0.717, 1.165) is 4.47 Å². The maximum Gasteiger partial charge on any atom is 0.267 e. The van der Waals surface area contributed by atoms with E-state index in [4.69, 9.17) is 16.2 Å². The van der Waals surface area contributed by atoms with Gasteiger partial charge in [0.15, 0.2) is 5.82 Å². The van der Waals surface area contributed by atoms with E-state index in [2.05, 4.69) is 26.2 Å². The number of hydrogen-bond donors (Lipinski definition) is 3. The minimum atomic E-state index is -0.613. The first kappa shape index (κ1) is 14.1. The predicted molar refractivity (Wildman–Crippen MR) is 81.1 cm³/mol. The van der Waals surface area contributed by atoms with Crippen LogP contribution in [0.1, 0.15) is 10.5 Å². The van der Waals surface area contributed by atoms with Gasteiger partial charge in [0.25, 0.3) is 5.91 Å². The third-order valence-electron chi connectivity index (χ3n) is 2.61. The Morgan fingerprint density at radius 2 is 2.10 bits per heavy atom. The van der Waals surface area contributed by atoms with Crippen molar-refractivity contribution in [1.29, 1.82) is 0 Å². The monoisotopic (exact) mass is 336 g/mol. The number of nitrogens with one attached hydrogen (secondary N) is 1. The molecular formula is C13H13BrN4O2. The number of benzene rings is 1. The van der Waals surface area contributed by atoms with Crippen LogP contribution < -0.4 is 21.5 Å². The Hall–Kier alpha value is -2.28. The highest BCUT2D eigenvalue weighted by molar-refractivity contribution is 9.10. The zero-order valence-corrected chi connectivity index (χ0v) is 12.3. The summed E-state index contributed by atoms with van der Waals surface area (Å²) < 4.78 is 5.96. The van der Waals surface area contributed by atoms with Crippen LogP contribution in [0.25, 0.3) is 0 Å². The SMILES string of the molecule is COc1ccc(Br)c(Nc2nc(C(N)=O)ccc2N)c1. The third-order valence-corrected chi connectivity index (χ3v) is 3.30. The van der Waals surface area contributed by atoms with Gasteiger partial charge in [-0.25, -0.2) is 4.98 Å². The van der Waals surface area contributed by atoms with E-state index in [1.54, 1.807) is 19.2 Å². The fraction of sp³-hybridized carbons (Fsp3) is 0.0769. The number of halogens is 1. The number of carbonyl (C=O) groups is 1. The topological polar surface area (TPSA) is 103 Å². The van der Waals surface area contributed by atoms with E-state index >= 15 is 0 Å². The molecule has 2 aromatic rings. The van der Waals surface area contributed by atoms with Gasteiger partial charge in [-0.15, -0.1) is 0 Å². The minimum Gasteiger partial charge on any atom is -0.497 e. The normalized spacial score (nSPS) is 10.1. The first-order valence-corrected chi connectivity index (χ1v) is 6.47. The van der Waals surface area contributed by atoms with Crippen LogP contribution in [0.15, 0.2) is 34.8 Å². The number of methoxy groups -OCH3 is 1. The summed E-state index contributed by atoms with van der Waals surface area (Å²) in [6.45, 7) is 0. The summed E-state index contributed by atoms with van der Waals surface area (Å²) in [7, 11) is 1.58. The van der Waals surface area contributed by atoms with Crippen molar-refractivity contribution in [2.24, 2.45) is 5.73 Å². The summed E-state index contributed by atoms with van der Waals surface area (Å²) in [6, 6.07) is 8.47. The van der Waals surface area contributed by atoms with Crippen LogP contribution in [0.5, 0.6) is 5.75 Å². The van der Waals surface area contributed by atoms with Crippen LogP contribution in [0.3, 0.4) is 0 Å². The lowest BCUT2D eigenvalue weighted by molar-refractivity contribution is 0.0996. The summed E-state index contributed by atoms with van der Waals surface area (Å²) in [6.07, 6.45) is 0. The van der Waals surface area contributed by atoms with Gasteiger partial charge in [-0.05, 0) is 40.2 Å². The Kier molecular flexibility index (Phi) is 4.09. The molecule has 7 heteroatoms. The lowest BCUT2D eigenvalue weighted by Gasteiger charge is -2.12. The summed E-state index contributed by atoms with van der Waals surface area (Å²) in [5.74, 6) is 0.424. The molecule has 6 nitrogen and oxygen atoms in total. The second-order valence-electron chi connectivity index (χ2n) is 3.97. The van der Waals surface area contributed by atoms with Gasteiger partial charge in [-0.2, -0.15) is 0 Å². The highest BCUT2D eigenvalue weighted by atomic mass is 79.9. The van der Waals surface area contributed by atoms with E-state index in [0.29, 0.717) is 22.9 Å². The number of anilines is 3. The van der Waals surface area contributed by atoms with Crippen molar-refractivity contribution in [3.8, 4) is 5.75 Å². The second-order valence-corrected chi connectivity index (χ2v) is 4.82. The zero-order chi connectivity index (χ0) is 14.7. The van der Waals surface area contributed by atoms with E-state index in [9.17, 15) is 4.79 Å². The van der Waals surface area contributed by atoms with E-state index in [1.807, 2.05) is 12.1 Å². The molecule has 104 valence electrons. The Morgan fingerprint density at radius 1 is 1.35 bits per heavy atom. The molecule has 1 aromatic carbocycles. The molecule has 0 aliphatic heterocycles. The number of nitrogens with two attached hydrogens (primary N) is 2. The first-order chi connectivity index (χ1) is 9.51. The highest BCUT2D eigenvalue weighted by Gasteiger charge is 2.09. The lowest BCUT2D eigenvalue weighted by atomic mass is 10.2. The van der Waals surface area contributed by atoms with Crippen LogP contribution in [-0.2, 0) is 0 Å². The van der Waals surface area contributed by atoms with Crippen molar-refractivity contribution in [3.05, 3.63) is 40.5 Å². The largest absolute Gasteiger partial charge is 0.497 e.